The second-order valence-electron chi connectivity index (χ2n) is 7.79. The van der Waals surface area contributed by atoms with Gasteiger partial charge in [0.15, 0.2) is 0 Å². The Hall–Kier alpha value is -0.810. The van der Waals surface area contributed by atoms with E-state index in [2.05, 4.69) is 12.2 Å². The third-order valence-corrected chi connectivity index (χ3v) is 4.75. The number of carbonyl (C=O) groups excluding carboxylic acids is 1. The summed E-state index contributed by atoms with van der Waals surface area (Å²) in [6.07, 6.45) is 2.97. The normalized spacial score (nSPS) is 38.5. The first-order valence-corrected chi connectivity index (χ1v) is 8.20. The lowest BCUT2D eigenvalue weighted by Gasteiger charge is -2.26. The van der Waals surface area contributed by atoms with E-state index in [0.29, 0.717) is 30.1 Å². The van der Waals surface area contributed by atoms with Crippen LogP contribution in [-0.4, -0.2) is 54.5 Å². The Bertz CT molecular complexity index is 395. The van der Waals surface area contributed by atoms with Gasteiger partial charge in [0, 0.05) is 25.7 Å². The Morgan fingerprint density at radius 2 is 1.95 bits per heavy atom. The number of nitrogens with zero attached hydrogens (tertiary/aromatic N) is 1. The van der Waals surface area contributed by atoms with Crippen LogP contribution in [0.1, 0.15) is 40.5 Å². The van der Waals surface area contributed by atoms with Gasteiger partial charge in [-0.05, 0) is 52.4 Å². The number of ether oxygens (including phenoxy) is 2. The van der Waals surface area contributed by atoms with E-state index in [0.717, 1.165) is 19.6 Å². The lowest BCUT2D eigenvalue weighted by Crippen LogP contribution is -2.40. The lowest BCUT2D eigenvalue weighted by atomic mass is 10.2. The molecule has 3 rings (SSSR count). The monoisotopic (exact) mass is 296 g/mol. The molecule has 2 saturated heterocycles. The van der Waals surface area contributed by atoms with E-state index in [9.17, 15) is 4.79 Å². The number of fused-ring (bicyclic) bond motifs is 1. The maximum Gasteiger partial charge on any atom is 0.410 e. The molecule has 1 aliphatic carbocycles. The molecule has 2 aliphatic heterocycles. The summed E-state index contributed by atoms with van der Waals surface area (Å²) < 4.78 is 11.3. The van der Waals surface area contributed by atoms with Crippen LogP contribution < -0.4 is 5.32 Å². The van der Waals surface area contributed by atoms with Crippen LogP contribution >= 0.6 is 0 Å². The van der Waals surface area contributed by atoms with E-state index in [1.54, 1.807) is 0 Å². The Kier molecular flexibility index (Phi) is 3.91. The van der Waals surface area contributed by atoms with Crippen LogP contribution in [-0.2, 0) is 9.47 Å². The van der Waals surface area contributed by atoms with Crippen molar-refractivity contribution in [1.82, 2.24) is 10.2 Å². The minimum Gasteiger partial charge on any atom is -0.444 e. The zero-order chi connectivity index (χ0) is 15.2. The van der Waals surface area contributed by atoms with Crippen molar-refractivity contribution < 1.29 is 14.3 Å². The zero-order valence-corrected chi connectivity index (χ0v) is 13.6. The molecule has 120 valence electrons. The van der Waals surface area contributed by atoms with Gasteiger partial charge in [0.25, 0.3) is 0 Å². The maximum atomic E-state index is 12.0. The van der Waals surface area contributed by atoms with Gasteiger partial charge < -0.3 is 19.7 Å². The molecule has 4 atom stereocenters. The number of nitrogens with one attached hydrogen (secondary N) is 1. The number of hydrogen-bond acceptors (Lipinski definition) is 4. The smallest absolute Gasteiger partial charge is 0.410 e. The van der Waals surface area contributed by atoms with Crippen molar-refractivity contribution >= 4 is 6.09 Å². The fourth-order valence-electron chi connectivity index (χ4n) is 3.61. The third-order valence-electron chi connectivity index (χ3n) is 4.75. The average Bonchev–Trinajstić information content (AvgIpc) is 2.77. The first kappa shape index (κ1) is 15.1. The number of rotatable bonds is 3. The largest absolute Gasteiger partial charge is 0.444 e. The number of piperidine rings is 1. The minimum atomic E-state index is -0.405. The molecular formula is C16H28N2O3. The van der Waals surface area contributed by atoms with E-state index in [4.69, 9.17) is 9.47 Å². The fourth-order valence-corrected chi connectivity index (χ4v) is 3.61. The van der Waals surface area contributed by atoms with Gasteiger partial charge in [0.1, 0.15) is 5.60 Å². The van der Waals surface area contributed by atoms with Crippen molar-refractivity contribution in [3.05, 3.63) is 0 Å². The number of likely N-dealkylation sites (tertiary alicyclic amines) is 1. The van der Waals surface area contributed by atoms with E-state index < -0.39 is 5.60 Å². The van der Waals surface area contributed by atoms with Gasteiger partial charge in [0.05, 0.1) is 12.2 Å². The van der Waals surface area contributed by atoms with Crippen molar-refractivity contribution in [1.29, 1.82) is 0 Å². The van der Waals surface area contributed by atoms with Crippen LogP contribution in [0.25, 0.3) is 0 Å². The second kappa shape index (κ2) is 5.43. The molecule has 4 unspecified atom stereocenters. The predicted octanol–water partition coefficient (Wildman–Crippen LogP) is 2.01. The van der Waals surface area contributed by atoms with Crippen molar-refractivity contribution in [2.24, 2.45) is 11.8 Å². The standard InChI is InChI=1S/C16H28N2O3/c1-10-5-6-11(20-10)7-17-14-12-8-18(9-13(12)14)15(19)21-16(2,3)4/h10-14,17H,5-9H2,1-4H3. The van der Waals surface area contributed by atoms with Crippen LogP contribution in [0.5, 0.6) is 0 Å². The van der Waals surface area contributed by atoms with Crippen LogP contribution in [0.3, 0.4) is 0 Å². The molecule has 5 nitrogen and oxygen atoms in total. The molecule has 0 aromatic heterocycles. The van der Waals surface area contributed by atoms with Gasteiger partial charge in [-0.2, -0.15) is 0 Å². The highest BCUT2D eigenvalue weighted by molar-refractivity contribution is 5.69. The molecule has 5 heteroatoms. The van der Waals surface area contributed by atoms with Gasteiger partial charge >= 0.3 is 6.09 Å². The molecule has 1 N–H and O–H groups in total. The number of carbonyl (C=O) groups is 1. The van der Waals surface area contributed by atoms with E-state index >= 15 is 0 Å². The Morgan fingerprint density at radius 1 is 1.29 bits per heavy atom. The highest BCUT2D eigenvalue weighted by Crippen LogP contribution is 2.45. The molecule has 1 amide bonds. The quantitative estimate of drug-likeness (QED) is 0.865. The summed E-state index contributed by atoms with van der Waals surface area (Å²) in [6, 6.07) is 0.572. The van der Waals surface area contributed by atoms with Gasteiger partial charge in [-0.3, -0.25) is 0 Å². The van der Waals surface area contributed by atoms with E-state index in [-0.39, 0.29) is 6.09 Å². The van der Waals surface area contributed by atoms with Gasteiger partial charge in [-0.1, -0.05) is 0 Å². The summed E-state index contributed by atoms with van der Waals surface area (Å²) in [7, 11) is 0. The number of hydrogen-bond donors (Lipinski definition) is 1. The van der Waals surface area contributed by atoms with Gasteiger partial charge in [-0.25, -0.2) is 4.79 Å². The molecule has 1 saturated carbocycles. The summed E-state index contributed by atoms with van der Waals surface area (Å²) in [5.74, 6) is 1.22. The second-order valence-corrected chi connectivity index (χ2v) is 7.79. The molecule has 0 spiro atoms. The van der Waals surface area contributed by atoms with Crippen molar-refractivity contribution in [3.63, 3.8) is 0 Å². The maximum absolute atomic E-state index is 12.0. The SMILES string of the molecule is CC1CCC(CNC2C3CN(C(=O)OC(C)(C)C)CC32)O1. The summed E-state index contributed by atoms with van der Waals surface area (Å²) in [5, 5.41) is 3.63. The zero-order valence-electron chi connectivity index (χ0n) is 13.6. The first-order valence-electron chi connectivity index (χ1n) is 8.20. The van der Waals surface area contributed by atoms with Crippen molar-refractivity contribution in [2.75, 3.05) is 19.6 Å². The molecule has 0 aromatic rings. The van der Waals surface area contributed by atoms with Gasteiger partial charge in [0.2, 0.25) is 0 Å². The molecule has 2 heterocycles. The molecule has 0 bridgehead atoms. The Labute approximate surface area is 127 Å². The third kappa shape index (κ3) is 3.51. The molecule has 3 aliphatic rings. The summed E-state index contributed by atoms with van der Waals surface area (Å²) in [6.45, 7) is 10.5. The van der Waals surface area contributed by atoms with Crippen molar-refractivity contribution in [2.45, 2.75) is 64.4 Å². The van der Waals surface area contributed by atoms with Gasteiger partial charge in [-0.15, -0.1) is 0 Å². The molecule has 21 heavy (non-hydrogen) atoms. The molecule has 0 radical (unpaired) electrons. The Morgan fingerprint density at radius 3 is 2.48 bits per heavy atom. The van der Waals surface area contributed by atoms with Crippen LogP contribution in [0.2, 0.25) is 0 Å². The summed E-state index contributed by atoms with van der Waals surface area (Å²) in [4.78, 5) is 13.9. The predicted molar refractivity (Wildman–Crippen MR) is 80.1 cm³/mol. The van der Waals surface area contributed by atoms with E-state index in [1.165, 1.54) is 12.8 Å². The highest BCUT2D eigenvalue weighted by Gasteiger charge is 2.57. The van der Waals surface area contributed by atoms with E-state index in [1.807, 2.05) is 25.7 Å². The summed E-state index contributed by atoms with van der Waals surface area (Å²) in [5.41, 5.74) is -0.405. The molecular weight excluding hydrogens is 268 g/mol. The summed E-state index contributed by atoms with van der Waals surface area (Å²) >= 11 is 0. The van der Waals surface area contributed by atoms with Crippen LogP contribution in [0.4, 0.5) is 4.79 Å². The first-order chi connectivity index (χ1) is 9.83. The Balaban J connectivity index is 1.37. The molecule has 3 fully saturated rings. The van der Waals surface area contributed by atoms with Crippen LogP contribution in [0, 0.1) is 11.8 Å². The van der Waals surface area contributed by atoms with Crippen LogP contribution in [0.15, 0.2) is 0 Å². The molecule has 0 aromatic carbocycles. The lowest BCUT2D eigenvalue weighted by molar-refractivity contribution is 0.0264. The fraction of sp³-hybridized carbons (Fsp3) is 0.938. The topological polar surface area (TPSA) is 50.8 Å². The van der Waals surface area contributed by atoms with Crippen molar-refractivity contribution in [3.8, 4) is 0 Å². The highest BCUT2D eigenvalue weighted by atomic mass is 16.6. The number of amides is 1. The minimum absolute atomic E-state index is 0.165. The average molecular weight is 296 g/mol.